The molecule has 0 saturated carbocycles. The summed E-state index contributed by atoms with van der Waals surface area (Å²) in [6.45, 7) is -0.0606. The minimum absolute atomic E-state index is 0.0606. The van der Waals surface area contributed by atoms with Gasteiger partial charge in [0.15, 0.2) is 6.61 Å². The van der Waals surface area contributed by atoms with E-state index < -0.39 is 0 Å². The highest BCUT2D eigenvalue weighted by Crippen LogP contribution is 2.21. The van der Waals surface area contributed by atoms with Gasteiger partial charge in [-0.1, -0.05) is 46.3 Å². The molecule has 1 amide bonds. The van der Waals surface area contributed by atoms with E-state index in [0.717, 1.165) is 41.4 Å². The normalized spacial score (nSPS) is 15.5. The van der Waals surface area contributed by atoms with Gasteiger partial charge >= 0.3 is 0 Å². The van der Waals surface area contributed by atoms with Crippen LogP contribution in [0.5, 0.6) is 5.75 Å². The predicted molar refractivity (Wildman–Crippen MR) is 98.3 cm³/mol. The Bertz CT molecular complexity index is 759. The van der Waals surface area contributed by atoms with Crippen LogP contribution < -0.4 is 10.2 Å². The lowest BCUT2D eigenvalue weighted by Crippen LogP contribution is -2.26. The average Bonchev–Trinajstić information content (AvgIpc) is 2.80. The van der Waals surface area contributed by atoms with Gasteiger partial charge in [-0.3, -0.25) is 4.79 Å². The summed E-state index contributed by atoms with van der Waals surface area (Å²) in [6.07, 6.45) is 4.17. The molecule has 0 unspecified atom stereocenters. The molecule has 0 radical (unpaired) electrons. The molecule has 24 heavy (non-hydrogen) atoms. The third kappa shape index (κ3) is 4.45. The molecule has 1 N–H and O–H groups in total. The first kappa shape index (κ1) is 16.7. The van der Waals surface area contributed by atoms with Crippen molar-refractivity contribution in [2.45, 2.75) is 25.7 Å². The van der Waals surface area contributed by atoms with Crippen molar-refractivity contribution in [3.05, 3.63) is 64.1 Å². The molecule has 0 bridgehead atoms. The molecule has 2 aromatic rings. The number of hydrogen-bond acceptors (Lipinski definition) is 3. The van der Waals surface area contributed by atoms with Crippen LogP contribution in [0.25, 0.3) is 0 Å². The van der Waals surface area contributed by atoms with Gasteiger partial charge < -0.3 is 4.74 Å². The van der Waals surface area contributed by atoms with Gasteiger partial charge in [-0.2, -0.15) is 5.10 Å². The van der Waals surface area contributed by atoms with Gasteiger partial charge in [-0.25, -0.2) is 5.43 Å². The first-order chi connectivity index (χ1) is 11.7. The number of amides is 1. The lowest BCUT2D eigenvalue weighted by atomic mass is 10.0. The van der Waals surface area contributed by atoms with E-state index in [0.29, 0.717) is 5.75 Å². The first-order valence-corrected chi connectivity index (χ1v) is 8.84. The van der Waals surface area contributed by atoms with Crippen molar-refractivity contribution in [2.24, 2.45) is 5.10 Å². The highest BCUT2D eigenvalue weighted by atomic mass is 79.9. The van der Waals surface area contributed by atoms with Gasteiger partial charge in [0.25, 0.3) is 5.91 Å². The second-order valence-electron chi connectivity index (χ2n) is 5.70. The number of benzene rings is 2. The fourth-order valence-electron chi connectivity index (χ4n) is 2.75. The van der Waals surface area contributed by atoms with E-state index in [9.17, 15) is 4.79 Å². The van der Waals surface area contributed by atoms with Crippen molar-refractivity contribution in [3.8, 4) is 5.75 Å². The molecule has 2 aromatic carbocycles. The van der Waals surface area contributed by atoms with Gasteiger partial charge in [-0.15, -0.1) is 0 Å². The number of aryl methyl sites for hydroxylation is 1. The van der Waals surface area contributed by atoms with Crippen molar-refractivity contribution in [2.75, 3.05) is 6.61 Å². The van der Waals surface area contributed by atoms with Crippen LogP contribution in [0.1, 0.15) is 30.4 Å². The number of carbonyl (C=O) groups is 1. The third-order valence-electron chi connectivity index (χ3n) is 3.92. The number of nitrogens with zero attached hydrogens (tertiary/aromatic N) is 1. The van der Waals surface area contributed by atoms with Crippen molar-refractivity contribution in [1.29, 1.82) is 0 Å². The largest absolute Gasteiger partial charge is 0.484 e. The number of hydrazone groups is 1. The molecule has 0 fully saturated rings. The van der Waals surface area contributed by atoms with Crippen molar-refractivity contribution >= 4 is 27.5 Å². The lowest BCUT2D eigenvalue weighted by Gasteiger charge is -2.09. The van der Waals surface area contributed by atoms with E-state index in [4.69, 9.17) is 4.74 Å². The zero-order chi connectivity index (χ0) is 16.8. The van der Waals surface area contributed by atoms with E-state index in [2.05, 4.69) is 38.6 Å². The summed E-state index contributed by atoms with van der Waals surface area (Å²) < 4.78 is 6.38. The molecule has 0 saturated heterocycles. The smallest absolute Gasteiger partial charge is 0.277 e. The van der Waals surface area contributed by atoms with E-state index in [1.807, 2.05) is 36.4 Å². The maximum absolute atomic E-state index is 12.0. The van der Waals surface area contributed by atoms with Gasteiger partial charge in [0.05, 0.1) is 5.71 Å². The zero-order valence-corrected chi connectivity index (χ0v) is 14.9. The van der Waals surface area contributed by atoms with Crippen molar-refractivity contribution in [1.82, 2.24) is 5.43 Å². The Morgan fingerprint density at radius 3 is 2.83 bits per heavy atom. The van der Waals surface area contributed by atoms with E-state index >= 15 is 0 Å². The molecule has 0 atom stereocenters. The number of fused-ring (bicyclic) bond motifs is 1. The van der Waals surface area contributed by atoms with Crippen molar-refractivity contribution < 1.29 is 9.53 Å². The van der Waals surface area contributed by atoms with Crippen LogP contribution in [0, 0.1) is 0 Å². The molecular formula is C19H19BrN2O2. The molecule has 0 aliphatic heterocycles. The zero-order valence-electron chi connectivity index (χ0n) is 13.3. The monoisotopic (exact) mass is 386 g/mol. The van der Waals surface area contributed by atoms with Gasteiger partial charge in [0.1, 0.15) is 5.75 Å². The highest BCUT2D eigenvalue weighted by Gasteiger charge is 2.13. The minimum atomic E-state index is -0.260. The fourth-order valence-corrected chi connectivity index (χ4v) is 3.12. The molecule has 0 spiro atoms. The molecule has 5 heteroatoms. The maximum Gasteiger partial charge on any atom is 0.277 e. The standard InChI is InChI=1S/C19H19BrN2O2/c20-15-8-5-9-16(12-15)24-13-19(23)22-21-18-11-4-2-7-14-6-1-3-10-17(14)18/h1,3,5-6,8-10,12H,2,4,7,11,13H2,(H,22,23)/b21-18-. The van der Waals surface area contributed by atoms with E-state index in [1.165, 1.54) is 5.56 Å². The molecule has 3 rings (SSSR count). The Morgan fingerprint density at radius 2 is 1.96 bits per heavy atom. The van der Waals surface area contributed by atoms with Crippen LogP contribution in [0.2, 0.25) is 0 Å². The number of carbonyl (C=O) groups excluding carboxylic acids is 1. The second-order valence-corrected chi connectivity index (χ2v) is 6.62. The van der Waals surface area contributed by atoms with Crippen LogP contribution >= 0.6 is 15.9 Å². The Hall–Kier alpha value is -2.14. The van der Waals surface area contributed by atoms with Gasteiger partial charge in [0.2, 0.25) is 0 Å². The Kier molecular flexibility index (Phi) is 5.64. The summed E-state index contributed by atoms with van der Waals surface area (Å²) in [7, 11) is 0. The average molecular weight is 387 g/mol. The number of rotatable bonds is 4. The van der Waals surface area contributed by atoms with Gasteiger partial charge in [-0.05, 0) is 49.4 Å². The Balaban J connectivity index is 1.61. The Morgan fingerprint density at radius 1 is 1.12 bits per heavy atom. The minimum Gasteiger partial charge on any atom is -0.484 e. The summed E-state index contributed by atoms with van der Waals surface area (Å²) in [4.78, 5) is 12.0. The maximum atomic E-state index is 12.0. The predicted octanol–water partition coefficient (Wildman–Crippen LogP) is 4.07. The number of hydrogen-bond donors (Lipinski definition) is 1. The van der Waals surface area contributed by atoms with E-state index in [1.54, 1.807) is 0 Å². The number of nitrogens with one attached hydrogen (secondary N) is 1. The number of ether oxygens (including phenoxy) is 1. The van der Waals surface area contributed by atoms with Crippen LogP contribution in [-0.4, -0.2) is 18.2 Å². The van der Waals surface area contributed by atoms with Crippen LogP contribution in [0.4, 0.5) is 0 Å². The molecule has 4 nitrogen and oxygen atoms in total. The highest BCUT2D eigenvalue weighted by molar-refractivity contribution is 9.10. The van der Waals surface area contributed by atoms with Crippen LogP contribution in [-0.2, 0) is 11.2 Å². The summed E-state index contributed by atoms with van der Waals surface area (Å²) in [6, 6.07) is 15.7. The summed E-state index contributed by atoms with van der Waals surface area (Å²) in [5, 5.41) is 4.34. The third-order valence-corrected chi connectivity index (χ3v) is 4.41. The molecule has 0 aromatic heterocycles. The molecule has 1 aliphatic carbocycles. The molecule has 0 heterocycles. The summed E-state index contributed by atoms with van der Waals surface area (Å²) in [5.41, 5.74) is 6.00. The summed E-state index contributed by atoms with van der Waals surface area (Å²) >= 11 is 3.37. The quantitative estimate of drug-likeness (QED) is 0.635. The molecular weight excluding hydrogens is 368 g/mol. The first-order valence-electron chi connectivity index (χ1n) is 8.04. The van der Waals surface area contributed by atoms with Crippen LogP contribution in [0.15, 0.2) is 58.1 Å². The lowest BCUT2D eigenvalue weighted by molar-refractivity contribution is -0.123. The number of halogens is 1. The second kappa shape index (κ2) is 8.11. The summed E-state index contributed by atoms with van der Waals surface area (Å²) in [5.74, 6) is 0.385. The van der Waals surface area contributed by atoms with Crippen LogP contribution in [0.3, 0.4) is 0 Å². The fraction of sp³-hybridized carbons (Fsp3) is 0.263. The Labute approximate surface area is 150 Å². The topological polar surface area (TPSA) is 50.7 Å². The molecule has 1 aliphatic rings. The van der Waals surface area contributed by atoms with E-state index in [-0.39, 0.29) is 12.5 Å². The van der Waals surface area contributed by atoms with Gasteiger partial charge in [0, 0.05) is 10.0 Å². The van der Waals surface area contributed by atoms with Crippen molar-refractivity contribution in [3.63, 3.8) is 0 Å². The SMILES string of the molecule is O=C(COc1cccc(Br)c1)N/N=C1/CCCCc2ccccc21. The molecule has 124 valence electrons.